The molecule has 0 radical (unpaired) electrons. The number of hydrogen-bond acceptors (Lipinski definition) is 5. The number of aromatic nitrogens is 1. The second kappa shape index (κ2) is 5.80. The summed E-state index contributed by atoms with van der Waals surface area (Å²) in [4.78, 5) is 36.7. The Bertz CT molecular complexity index is 529. The van der Waals surface area contributed by atoms with Crippen molar-refractivity contribution in [1.82, 2.24) is 4.98 Å². The lowest BCUT2D eigenvalue weighted by atomic mass is 10.1. The molecule has 0 saturated heterocycles. The highest BCUT2D eigenvalue weighted by Crippen LogP contribution is 2.15. The third kappa shape index (κ3) is 3.95. The van der Waals surface area contributed by atoms with Crippen LogP contribution >= 0.6 is 0 Å². The minimum Gasteiger partial charge on any atom is -0.481 e. The van der Waals surface area contributed by atoms with E-state index in [0.29, 0.717) is 5.69 Å². The summed E-state index contributed by atoms with van der Waals surface area (Å²) in [6.45, 7) is 1.64. The monoisotopic (exact) mass is 267 g/mol. The molecule has 1 atom stereocenters. The van der Waals surface area contributed by atoms with Gasteiger partial charge in [-0.15, -0.1) is 0 Å². The van der Waals surface area contributed by atoms with Gasteiger partial charge in [0.05, 0.1) is 12.0 Å². The molecular formula is C11H13N3O5. The lowest BCUT2D eigenvalue weighted by molar-refractivity contribution is -0.144. The van der Waals surface area contributed by atoms with Gasteiger partial charge in [-0.2, -0.15) is 0 Å². The lowest BCUT2D eigenvalue weighted by Gasteiger charge is -2.15. The number of rotatable bonds is 6. The van der Waals surface area contributed by atoms with Gasteiger partial charge in [-0.3, -0.25) is 9.59 Å². The van der Waals surface area contributed by atoms with Crippen LogP contribution in [0.4, 0.5) is 5.82 Å². The fourth-order valence-corrected chi connectivity index (χ4v) is 1.41. The van der Waals surface area contributed by atoms with Crippen molar-refractivity contribution in [2.24, 2.45) is 5.73 Å². The Hall–Kier alpha value is -2.64. The minimum atomic E-state index is -1.40. The highest BCUT2D eigenvalue weighted by atomic mass is 16.4. The van der Waals surface area contributed by atoms with Crippen LogP contribution in [0.2, 0.25) is 0 Å². The van der Waals surface area contributed by atoms with Crippen LogP contribution in [0.25, 0.3) is 0 Å². The second-order valence-corrected chi connectivity index (χ2v) is 3.85. The molecule has 0 spiro atoms. The highest BCUT2D eigenvalue weighted by Gasteiger charge is 2.23. The van der Waals surface area contributed by atoms with Crippen molar-refractivity contribution in [1.29, 1.82) is 0 Å². The number of aliphatic carboxylic acids is 2. The predicted octanol–water partition coefficient (Wildman–Crippen LogP) is -0.171. The van der Waals surface area contributed by atoms with Crippen LogP contribution < -0.4 is 11.1 Å². The molecule has 19 heavy (non-hydrogen) atoms. The third-order valence-electron chi connectivity index (χ3n) is 2.29. The van der Waals surface area contributed by atoms with Gasteiger partial charge in [-0.1, -0.05) is 0 Å². The lowest BCUT2D eigenvalue weighted by Crippen LogP contribution is -2.33. The summed E-state index contributed by atoms with van der Waals surface area (Å²) in [5, 5.41) is 19.9. The van der Waals surface area contributed by atoms with Gasteiger partial charge in [0.1, 0.15) is 11.9 Å². The molecule has 5 N–H and O–H groups in total. The standard InChI is InChI=1S/C11H13N3O5/c1-5-2-3-6(9(12)17)10(13-5)14-7(11(18)19)4-8(15)16/h2-3,7H,4H2,1H3,(H2,12,17)(H,13,14)(H,15,16)(H,18,19). The van der Waals surface area contributed by atoms with E-state index in [2.05, 4.69) is 10.3 Å². The van der Waals surface area contributed by atoms with Gasteiger partial charge in [0.2, 0.25) is 0 Å². The number of hydrogen-bond donors (Lipinski definition) is 4. The number of primary amides is 1. The highest BCUT2D eigenvalue weighted by molar-refractivity contribution is 5.98. The summed E-state index contributed by atoms with van der Waals surface area (Å²) < 4.78 is 0. The number of carboxylic acids is 2. The maximum atomic E-state index is 11.2. The van der Waals surface area contributed by atoms with Crippen molar-refractivity contribution < 1.29 is 24.6 Å². The van der Waals surface area contributed by atoms with Crippen LogP contribution in [0.3, 0.4) is 0 Å². The Balaban J connectivity index is 3.07. The van der Waals surface area contributed by atoms with Gasteiger partial charge < -0.3 is 21.3 Å². The first-order valence-electron chi connectivity index (χ1n) is 5.30. The first-order chi connectivity index (χ1) is 8.81. The van der Waals surface area contributed by atoms with E-state index in [1.807, 2.05) is 0 Å². The first kappa shape index (κ1) is 14.4. The Labute approximate surface area is 108 Å². The van der Waals surface area contributed by atoms with Crippen LogP contribution in [0.5, 0.6) is 0 Å². The van der Waals surface area contributed by atoms with E-state index in [4.69, 9.17) is 15.9 Å². The van der Waals surface area contributed by atoms with Gasteiger partial charge in [0.15, 0.2) is 0 Å². The van der Waals surface area contributed by atoms with E-state index in [1.54, 1.807) is 6.92 Å². The molecule has 1 aromatic rings. The van der Waals surface area contributed by atoms with Crippen LogP contribution in [0.15, 0.2) is 12.1 Å². The average Bonchev–Trinajstić information content (AvgIpc) is 2.26. The summed E-state index contributed by atoms with van der Waals surface area (Å²) >= 11 is 0. The molecule has 0 aromatic carbocycles. The SMILES string of the molecule is Cc1ccc(C(N)=O)c(NC(CC(=O)O)C(=O)O)n1. The fourth-order valence-electron chi connectivity index (χ4n) is 1.41. The van der Waals surface area contributed by atoms with Crippen LogP contribution in [-0.4, -0.2) is 39.1 Å². The average molecular weight is 267 g/mol. The molecule has 102 valence electrons. The van der Waals surface area contributed by atoms with E-state index in [1.165, 1.54) is 12.1 Å². The van der Waals surface area contributed by atoms with Crippen molar-refractivity contribution in [2.45, 2.75) is 19.4 Å². The number of carbonyl (C=O) groups excluding carboxylic acids is 1. The van der Waals surface area contributed by atoms with E-state index < -0.39 is 30.3 Å². The maximum absolute atomic E-state index is 11.2. The number of nitrogens with one attached hydrogen (secondary N) is 1. The van der Waals surface area contributed by atoms with Crippen LogP contribution in [0.1, 0.15) is 22.5 Å². The van der Waals surface area contributed by atoms with Gasteiger partial charge in [-0.05, 0) is 19.1 Å². The van der Waals surface area contributed by atoms with Crippen LogP contribution in [-0.2, 0) is 9.59 Å². The Morgan fingerprint density at radius 3 is 2.47 bits per heavy atom. The summed E-state index contributed by atoms with van der Waals surface area (Å²) in [6.07, 6.45) is -0.650. The molecular weight excluding hydrogens is 254 g/mol. The van der Waals surface area contributed by atoms with Crippen LogP contribution in [0, 0.1) is 6.92 Å². The summed E-state index contributed by atoms with van der Waals surface area (Å²) in [5.74, 6) is -3.47. The van der Waals surface area contributed by atoms with Crippen molar-refractivity contribution in [3.8, 4) is 0 Å². The number of aryl methyl sites for hydroxylation is 1. The smallest absolute Gasteiger partial charge is 0.326 e. The molecule has 1 aromatic heterocycles. The summed E-state index contributed by atoms with van der Waals surface area (Å²) in [7, 11) is 0. The predicted molar refractivity (Wildman–Crippen MR) is 64.8 cm³/mol. The van der Waals surface area contributed by atoms with E-state index >= 15 is 0 Å². The first-order valence-corrected chi connectivity index (χ1v) is 5.30. The molecule has 8 heteroatoms. The van der Waals surface area contributed by atoms with E-state index in [0.717, 1.165) is 0 Å². The molecule has 1 unspecified atom stereocenters. The van der Waals surface area contributed by atoms with E-state index in [-0.39, 0.29) is 11.4 Å². The van der Waals surface area contributed by atoms with Crippen molar-refractivity contribution in [3.05, 3.63) is 23.4 Å². The zero-order chi connectivity index (χ0) is 14.6. The molecule has 0 saturated carbocycles. The molecule has 1 amide bonds. The molecule has 8 nitrogen and oxygen atoms in total. The minimum absolute atomic E-state index is 0.00207. The number of carbonyl (C=O) groups is 3. The number of carboxylic acid groups (broad SMARTS) is 2. The summed E-state index contributed by atoms with van der Waals surface area (Å²) in [6, 6.07) is 1.54. The quantitative estimate of drug-likeness (QED) is 0.560. The summed E-state index contributed by atoms with van der Waals surface area (Å²) in [5.41, 5.74) is 5.67. The van der Waals surface area contributed by atoms with Crippen molar-refractivity contribution in [2.75, 3.05) is 5.32 Å². The largest absolute Gasteiger partial charge is 0.481 e. The molecule has 1 rings (SSSR count). The molecule has 0 fully saturated rings. The molecule has 0 bridgehead atoms. The number of anilines is 1. The van der Waals surface area contributed by atoms with Gasteiger partial charge in [0.25, 0.3) is 5.91 Å². The number of nitrogens with two attached hydrogens (primary N) is 1. The molecule has 0 aliphatic carbocycles. The van der Waals surface area contributed by atoms with Gasteiger partial charge in [-0.25, -0.2) is 9.78 Å². The topological polar surface area (TPSA) is 143 Å². The Morgan fingerprint density at radius 1 is 1.37 bits per heavy atom. The number of nitrogens with zero attached hydrogens (tertiary/aromatic N) is 1. The van der Waals surface area contributed by atoms with Gasteiger partial charge in [0, 0.05) is 5.69 Å². The number of amides is 1. The van der Waals surface area contributed by atoms with E-state index in [9.17, 15) is 14.4 Å². The molecule has 0 aliphatic rings. The Kier molecular flexibility index (Phi) is 4.41. The second-order valence-electron chi connectivity index (χ2n) is 3.85. The van der Waals surface area contributed by atoms with Crippen molar-refractivity contribution >= 4 is 23.7 Å². The normalized spacial score (nSPS) is 11.6. The van der Waals surface area contributed by atoms with Crippen molar-refractivity contribution in [3.63, 3.8) is 0 Å². The zero-order valence-corrected chi connectivity index (χ0v) is 10.1. The molecule has 1 heterocycles. The fraction of sp³-hybridized carbons (Fsp3) is 0.273. The maximum Gasteiger partial charge on any atom is 0.326 e. The zero-order valence-electron chi connectivity index (χ0n) is 10.1. The third-order valence-corrected chi connectivity index (χ3v) is 2.29. The molecule has 0 aliphatic heterocycles. The number of pyridine rings is 1. The van der Waals surface area contributed by atoms with Gasteiger partial charge >= 0.3 is 11.9 Å². The Morgan fingerprint density at radius 2 is 2.00 bits per heavy atom.